The molecule has 0 bridgehead atoms. The molecule has 0 spiro atoms. The number of thioether (sulfide) groups is 1. The first kappa shape index (κ1) is 14.8. The highest BCUT2D eigenvalue weighted by molar-refractivity contribution is 7.99. The first-order valence-corrected chi connectivity index (χ1v) is 8.04. The van der Waals surface area contributed by atoms with Crippen molar-refractivity contribution in [2.45, 2.75) is 22.6 Å². The van der Waals surface area contributed by atoms with Gasteiger partial charge in [-0.25, -0.2) is 9.78 Å². The number of hydrogen-bond donors (Lipinski definition) is 3. The summed E-state index contributed by atoms with van der Waals surface area (Å²) in [5.74, 6) is 1.05. The molecule has 1 amide bonds. The molecule has 1 heterocycles. The number of benzene rings is 1. The van der Waals surface area contributed by atoms with Crippen LogP contribution in [0.15, 0.2) is 23.1 Å². The zero-order valence-corrected chi connectivity index (χ0v) is 13.4. The molecule has 3 rings (SSSR count). The predicted molar refractivity (Wildman–Crippen MR) is 85.6 cm³/mol. The van der Waals surface area contributed by atoms with Gasteiger partial charge < -0.3 is 10.1 Å². The molecule has 1 aromatic heterocycles. The highest BCUT2D eigenvalue weighted by Gasteiger charge is 2.62. The number of aromatic amines is 1. The first-order chi connectivity index (χ1) is 9.79. The van der Waals surface area contributed by atoms with Crippen molar-refractivity contribution in [3.8, 4) is 0 Å². The molecule has 1 aliphatic rings. The third kappa shape index (κ3) is 2.93. The molecule has 8 heteroatoms. The Bertz CT molecular complexity index is 719. The van der Waals surface area contributed by atoms with Gasteiger partial charge in [0, 0.05) is 16.1 Å². The molecule has 1 fully saturated rings. The number of nitrogens with one attached hydrogen (secondary N) is 2. The number of halogens is 2. The maximum absolute atomic E-state index is 10.6. The van der Waals surface area contributed by atoms with E-state index in [1.54, 1.807) is 11.8 Å². The molecule has 1 aliphatic carbocycles. The minimum Gasteiger partial charge on any atom is -0.465 e. The number of imidazole rings is 1. The van der Waals surface area contributed by atoms with Crippen LogP contribution in [0.1, 0.15) is 13.3 Å². The summed E-state index contributed by atoms with van der Waals surface area (Å²) in [4.78, 5) is 18.7. The lowest BCUT2D eigenvalue weighted by Gasteiger charge is -2.11. The Kier molecular flexibility index (Phi) is 3.50. The van der Waals surface area contributed by atoms with Crippen molar-refractivity contribution in [2.24, 2.45) is 5.41 Å². The molecule has 0 radical (unpaired) electrons. The van der Waals surface area contributed by atoms with Gasteiger partial charge in [-0.1, -0.05) is 6.92 Å². The molecular formula is C13H13Cl2N3O2S. The Morgan fingerprint density at radius 2 is 2.29 bits per heavy atom. The number of nitrogens with zero attached hydrogens (tertiary/aromatic N) is 1. The van der Waals surface area contributed by atoms with Gasteiger partial charge in [0.2, 0.25) is 5.95 Å². The average molecular weight is 346 g/mol. The molecule has 1 aromatic carbocycles. The number of carbonyl (C=O) groups is 1. The van der Waals surface area contributed by atoms with Crippen molar-refractivity contribution >= 4 is 58.0 Å². The van der Waals surface area contributed by atoms with Crippen molar-refractivity contribution in [2.75, 3.05) is 11.1 Å². The highest BCUT2D eigenvalue weighted by Crippen LogP contribution is 2.65. The summed E-state index contributed by atoms with van der Waals surface area (Å²) in [6.07, 6.45) is -0.348. The van der Waals surface area contributed by atoms with Gasteiger partial charge in [0.25, 0.3) is 0 Å². The van der Waals surface area contributed by atoms with Crippen LogP contribution in [0, 0.1) is 5.41 Å². The maximum atomic E-state index is 10.6. The zero-order valence-electron chi connectivity index (χ0n) is 11.1. The van der Waals surface area contributed by atoms with Crippen LogP contribution in [0.25, 0.3) is 11.0 Å². The Hall–Kier alpha value is -1.11. The number of fused-ring (bicyclic) bond motifs is 1. The standard InChI is InChI=1S/C13H13Cl2N3O2S/c1-12(5-13(12,14)15)6-21-7-2-3-8-9(4-7)17-10(16-8)18-11(19)20/h2-4H,5-6H2,1H3,(H,19,20)(H2,16,17,18). The molecule has 0 saturated heterocycles. The van der Waals surface area contributed by atoms with E-state index in [0.29, 0.717) is 5.52 Å². The normalized spacial score (nSPS) is 23.2. The molecule has 112 valence electrons. The third-order valence-corrected chi connectivity index (χ3v) is 6.16. The van der Waals surface area contributed by atoms with Crippen LogP contribution in [0.2, 0.25) is 0 Å². The number of amides is 1. The first-order valence-electron chi connectivity index (χ1n) is 6.29. The summed E-state index contributed by atoms with van der Waals surface area (Å²) in [7, 11) is 0. The van der Waals surface area contributed by atoms with Crippen molar-refractivity contribution in [1.29, 1.82) is 0 Å². The van der Waals surface area contributed by atoms with Crippen LogP contribution >= 0.6 is 35.0 Å². The lowest BCUT2D eigenvalue weighted by molar-refractivity contribution is 0.209. The quantitative estimate of drug-likeness (QED) is 0.569. The summed E-state index contributed by atoms with van der Waals surface area (Å²) in [5, 5.41) is 10.9. The molecule has 1 saturated carbocycles. The van der Waals surface area contributed by atoms with Crippen LogP contribution in [0.3, 0.4) is 0 Å². The van der Waals surface area contributed by atoms with Gasteiger partial charge in [0.1, 0.15) is 4.33 Å². The summed E-state index contributed by atoms with van der Waals surface area (Å²) in [6, 6.07) is 5.76. The van der Waals surface area contributed by atoms with Crippen LogP contribution < -0.4 is 5.32 Å². The Morgan fingerprint density at radius 1 is 1.57 bits per heavy atom. The number of aromatic nitrogens is 2. The number of alkyl halides is 2. The molecule has 3 N–H and O–H groups in total. The molecule has 1 unspecified atom stereocenters. The van der Waals surface area contributed by atoms with E-state index in [2.05, 4.69) is 22.2 Å². The molecule has 21 heavy (non-hydrogen) atoms. The number of H-pyrrole nitrogens is 1. The monoisotopic (exact) mass is 345 g/mol. The van der Waals surface area contributed by atoms with Crippen LogP contribution in [-0.4, -0.2) is 31.3 Å². The smallest absolute Gasteiger partial charge is 0.411 e. The number of hydrogen-bond acceptors (Lipinski definition) is 3. The summed E-state index contributed by atoms with van der Waals surface area (Å²) < 4.78 is -0.616. The van der Waals surface area contributed by atoms with E-state index < -0.39 is 10.4 Å². The van der Waals surface area contributed by atoms with Crippen molar-refractivity contribution < 1.29 is 9.90 Å². The van der Waals surface area contributed by atoms with Crippen LogP contribution in [0.4, 0.5) is 10.7 Å². The van der Waals surface area contributed by atoms with Gasteiger partial charge >= 0.3 is 6.09 Å². The van der Waals surface area contributed by atoms with E-state index in [-0.39, 0.29) is 11.4 Å². The molecule has 5 nitrogen and oxygen atoms in total. The van der Waals surface area contributed by atoms with Crippen LogP contribution in [0.5, 0.6) is 0 Å². The van der Waals surface area contributed by atoms with E-state index in [1.807, 2.05) is 18.2 Å². The summed E-state index contributed by atoms with van der Waals surface area (Å²) in [5.41, 5.74) is 1.44. The minimum atomic E-state index is -1.15. The van der Waals surface area contributed by atoms with Crippen LogP contribution in [-0.2, 0) is 0 Å². The van der Waals surface area contributed by atoms with Gasteiger partial charge in [0.15, 0.2) is 0 Å². The van der Waals surface area contributed by atoms with Gasteiger partial charge in [-0.15, -0.1) is 35.0 Å². The Balaban J connectivity index is 1.73. The largest absolute Gasteiger partial charge is 0.465 e. The third-order valence-electron chi connectivity index (χ3n) is 3.61. The van der Waals surface area contributed by atoms with E-state index >= 15 is 0 Å². The SMILES string of the molecule is CC1(CSc2ccc3[nH]c(NC(=O)O)nc3c2)CC1(Cl)Cl. The van der Waals surface area contributed by atoms with Gasteiger partial charge in [-0.3, -0.25) is 5.32 Å². The van der Waals surface area contributed by atoms with Crippen molar-refractivity contribution in [1.82, 2.24) is 9.97 Å². The number of carboxylic acid groups (broad SMARTS) is 1. The zero-order chi connectivity index (χ0) is 15.3. The van der Waals surface area contributed by atoms with Gasteiger partial charge in [-0.2, -0.15) is 0 Å². The van der Waals surface area contributed by atoms with E-state index in [0.717, 1.165) is 22.6 Å². The Labute approximate surface area is 135 Å². The fourth-order valence-corrected chi connectivity index (χ4v) is 4.16. The number of rotatable bonds is 4. The summed E-state index contributed by atoms with van der Waals surface area (Å²) >= 11 is 13.9. The second-order valence-electron chi connectivity index (χ2n) is 5.43. The minimum absolute atomic E-state index is 0.0582. The summed E-state index contributed by atoms with van der Waals surface area (Å²) in [6.45, 7) is 2.07. The fraction of sp³-hybridized carbons (Fsp3) is 0.385. The predicted octanol–water partition coefficient (Wildman–Crippen LogP) is 4.33. The van der Waals surface area contributed by atoms with Crippen molar-refractivity contribution in [3.05, 3.63) is 18.2 Å². The molecule has 1 atom stereocenters. The molecular weight excluding hydrogens is 333 g/mol. The van der Waals surface area contributed by atoms with E-state index in [1.165, 1.54) is 0 Å². The topological polar surface area (TPSA) is 78.0 Å². The molecule has 2 aromatic rings. The lowest BCUT2D eigenvalue weighted by atomic mass is 10.2. The average Bonchev–Trinajstić information content (AvgIpc) is 2.71. The highest BCUT2D eigenvalue weighted by atomic mass is 35.5. The fourth-order valence-electron chi connectivity index (χ4n) is 2.08. The molecule has 0 aliphatic heterocycles. The van der Waals surface area contributed by atoms with Crippen molar-refractivity contribution in [3.63, 3.8) is 0 Å². The second-order valence-corrected chi connectivity index (χ2v) is 7.96. The van der Waals surface area contributed by atoms with Gasteiger partial charge in [0.05, 0.1) is 11.0 Å². The maximum Gasteiger partial charge on any atom is 0.411 e. The second kappa shape index (κ2) is 4.97. The van der Waals surface area contributed by atoms with E-state index in [9.17, 15) is 4.79 Å². The van der Waals surface area contributed by atoms with E-state index in [4.69, 9.17) is 28.3 Å². The lowest BCUT2D eigenvalue weighted by Crippen LogP contribution is -2.08. The Morgan fingerprint density at radius 3 is 2.90 bits per heavy atom. The number of anilines is 1. The van der Waals surface area contributed by atoms with Gasteiger partial charge in [-0.05, 0) is 24.6 Å².